The Morgan fingerprint density at radius 1 is 1.19 bits per heavy atom. The van der Waals surface area contributed by atoms with E-state index in [1.165, 1.54) is 15.6 Å². The number of sulfonamides is 1. The van der Waals surface area contributed by atoms with Gasteiger partial charge in [0.2, 0.25) is 5.91 Å². The Morgan fingerprint density at radius 2 is 1.85 bits per heavy atom. The maximum Gasteiger partial charge on any atom is 0.252 e. The number of nitrogens with zero attached hydrogens (tertiary/aromatic N) is 2. The minimum absolute atomic E-state index is 0.0699. The summed E-state index contributed by atoms with van der Waals surface area (Å²) in [6.07, 6.45) is 0. The first-order valence-corrected chi connectivity index (χ1v) is 11.4. The molecule has 1 aromatic carbocycles. The van der Waals surface area contributed by atoms with Gasteiger partial charge in [0.25, 0.3) is 10.0 Å². The summed E-state index contributed by atoms with van der Waals surface area (Å²) in [5, 5.41) is 5.35. The molecule has 0 radical (unpaired) electrons. The van der Waals surface area contributed by atoms with Gasteiger partial charge >= 0.3 is 0 Å². The molecule has 1 aliphatic heterocycles. The fourth-order valence-corrected chi connectivity index (χ4v) is 5.67. The Kier molecular flexibility index (Phi) is 6.54. The van der Waals surface area contributed by atoms with Gasteiger partial charge in [0.1, 0.15) is 4.21 Å². The van der Waals surface area contributed by atoms with E-state index in [-0.39, 0.29) is 11.9 Å². The summed E-state index contributed by atoms with van der Waals surface area (Å²) in [7, 11) is -3.42. The van der Waals surface area contributed by atoms with Gasteiger partial charge in [-0.25, -0.2) is 8.42 Å². The van der Waals surface area contributed by atoms with E-state index in [0.717, 1.165) is 5.56 Å². The zero-order chi connectivity index (χ0) is 19.4. The van der Waals surface area contributed by atoms with Crippen LogP contribution >= 0.6 is 22.9 Å². The van der Waals surface area contributed by atoms with Crippen molar-refractivity contribution in [3.05, 3.63) is 52.4 Å². The number of benzene rings is 1. The number of carbonyl (C=O) groups excluding carboxylic acids is 1. The molecule has 146 valence electrons. The van der Waals surface area contributed by atoms with E-state index in [2.05, 4.69) is 5.32 Å². The average Bonchev–Trinajstić information content (AvgIpc) is 3.22. The highest BCUT2D eigenvalue weighted by atomic mass is 35.5. The van der Waals surface area contributed by atoms with Gasteiger partial charge < -0.3 is 5.32 Å². The zero-order valence-electron chi connectivity index (χ0n) is 15.0. The molecule has 2 heterocycles. The molecule has 6 nitrogen and oxygen atoms in total. The van der Waals surface area contributed by atoms with Crippen molar-refractivity contribution in [3.8, 4) is 0 Å². The highest BCUT2D eigenvalue weighted by molar-refractivity contribution is 7.91. The van der Waals surface area contributed by atoms with Crippen molar-refractivity contribution >= 4 is 38.9 Å². The third-order valence-electron chi connectivity index (χ3n) is 4.67. The molecule has 0 saturated carbocycles. The number of halogens is 1. The normalized spacial score (nSPS) is 17.6. The van der Waals surface area contributed by atoms with Crippen LogP contribution in [-0.4, -0.2) is 55.8 Å². The van der Waals surface area contributed by atoms with Crippen LogP contribution in [0.1, 0.15) is 12.5 Å². The number of thiophene rings is 1. The molecule has 0 aliphatic carbocycles. The number of amides is 1. The molecule has 1 saturated heterocycles. The maximum absolute atomic E-state index is 12.6. The van der Waals surface area contributed by atoms with Crippen LogP contribution in [0.25, 0.3) is 0 Å². The highest BCUT2D eigenvalue weighted by Crippen LogP contribution is 2.22. The Labute approximate surface area is 168 Å². The van der Waals surface area contributed by atoms with Crippen molar-refractivity contribution in [2.75, 3.05) is 26.2 Å². The Hall–Kier alpha value is -1.45. The molecule has 1 N–H and O–H groups in total. The van der Waals surface area contributed by atoms with E-state index in [1.54, 1.807) is 29.6 Å². The third-order valence-corrected chi connectivity index (χ3v) is 8.19. The van der Waals surface area contributed by atoms with E-state index in [4.69, 9.17) is 11.6 Å². The van der Waals surface area contributed by atoms with Crippen LogP contribution in [0.4, 0.5) is 0 Å². The van der Waals surface area contributed by atoms with Crippen LogP contribution in [0.15, 0.2) is 46.0 Å². The first-order chi connectivity index (χ1) is 12.9. The molecule has 1 amide bonds. The van der Waals surface area contributed by atoms with Gasteiger partial charge in [0, 0.05) is 37.7 Å². The lowest BCUT2D eigenvalue weighted by atomic mass is 10.2. The van der Waals surface area contributed by atoms with E-state index in [9.17, 15) is 13.2 Å². The van der Waals surface area contributed by atoms with Gasteiger partial charge in [0.15, 0.2) is 0 Å². The summed E-state index contributed by atoms with van der Waals surface area (Å²) in [5.41, 5.74) is 0.979. The smallest absolute Gasteiger partial charge is 0.252 e. The molecule has 1 fully saturated rings. The van der Waals surface area contributed by atoms with Crippen molar-refractivity contribution in [3.63, 3.8) is 0 Å². The molecule has 0 spiro atoms. The lowest BCUT2D eigenvalue weighted by Gasteiger charge is -2.36. The Bertz CT molecular complexity index is 862. The minimum Gasteiger partial charge on any atom is -0.351 e. The van der Waals surface area contributed by atoms with Crippen molar-refractivity contribution in [1.82, 2.24) is 14.5 Å². The SMILES string of the molecule is CC(C(=O)NCc1ccc(Cl)cc1)N1CCN(S(=O)(=O)c2cccs2)CC1. The van der Waals surface area contributed by atoms with Crippen molar-refractivity contribution in [2.24, 2.45) is 0 Å². The lowest BCUT2D eigenvalue weighted by Crippen LogP contribution is -2.54. The van der Waals surface area contributed by atoms with Gasteiger partial charge in [-0.05, 0) is 36.1 Å². The second-order valence-electron chi connectivity index (χ2n) is 6.39. The zero-order valence-corrected chi connectivity index (χ0v) is 17.4. The van der Waals surface area contributed by atoms with Crippen LogP contribution < -0.4 is 5.32 Å². The highest BCUT2D eigenvalue weighted by Gasteiger charge is 2.32. The second-order valence-corrected chi connectivity index (χ2v) is 9.94. The molecule has 1 atom stereocenters. The average molecular weight is 428 g/mol. The number of nitrogens with one attached hydrogen (secondary N) is 1. The van der Waals surface area contributed by atoms with Gasteiger partial charge in [0.05, 0.1) is 6.04 Å². The summed E-state index contributed by atoms with van der Waals surface area (Å²) in [5.74, 6) is -0.0699. The first-order valence-electron chi connectivity index (χ1n) is 8.68. The minimum atomic E-state index is -3.42. The molecule has 2 aromatic rings. The summed E-state index contributed by atoms with van der Waals surface area (Å²) < 4.78 is 27.0. The maximum atomic E-state index is 12.6. The van der Waals surface area contributed by atoms with Gasteiger partial charge in [-0.3, -0.25) is 9.69 Å². The molecule has 1 aliphatic rings. The number of rotatable bonds is 6. The molecule has 0 bridgehead atoms. The van der Waals surface area contributed by atoms with Crippen LogP contribution in [-0.2, 0) is 21.4 Å². The van der Waals surface area contributed by atoms with Crippen molar-refractivity contribution in [1.29, 1.82) is 0 Å². The largest absolute Gasteiger partial charge is 0.351 e. The van der Waals surface area contributed by atoms with E-state index in [0.29, 0.717) is 42.0 Å². The summed E-state index contributed by atoms with van der Waals surface area (Å²) in [6, 6.07) is 10.4. The molecule has 9 heteroatoms. The molecule has 3 rings (SSSR count). The number of hydrogen-bond donors (Lipinski definition) is 1. The van der Waals surface area contributed by atoms with Gasteiger partial charge in [-0.15, -0.1) is 11.3 Å². The van der Waals surface area contributed by atoms with Crippen molar-refractivity contribution in [2.45, 2.75) is 23.7 Å². The van der Waals surface area contributed by atoms with Crippen LogP contribution in [0.5, 0.6) is 0 Å². The molecular weight excluding hydrogens is 406 g/mol. The molecular formula is C18H22ClN3O3S2. The standard InChI is InChI=1S/C18H22ClN3O3S2/c1-14(18(23)20-13-15-4-6-16(19)7-5-15)21-8-10-22(11-9-21)27(24,25)17-3-2-12-26-17/h2-7,12,14H,8-11,13H2,1H3,(H,20,23). The second kappa shape index (κ2) is 8.70. The lowest BCUT2D eigenvalue weighted by molar-refractivity contribution is -0.126. The quantitative estimate of drug-likeness (QED) is 0.768. The van der Waals surface area contributed by atoms with Gasteiger partial charge in [-0.2, -0.15) is 4.31 Å². The van der Waals surface area contributed by atoms with Gasteiger partial charge in [-0.1, -0.05) is 29.8 Å². The first kappa shape index (κ1) is 20.3. The van der Waals surface area contributed by atoms with E-state index in [1.807, 2.05) is 24.0 Å². The number of piperazine rings is 1. The third kappa shape index (κ3) is 4.89. The van der Waals surface area contributed by atoms with E-state index < -0.39 is 10.0 Å². The molecule has 1 aromatic heterocycles. The summed E-state index contributed by atoms with van der Waals surface area (Å²) in [6.45, 7) is 4.11. The van der Waals surface area contributed by atoms with Crippen LogP contribution in [0.3, 0.4) is 0 Å². The monoisotopic (exact) mass is 427 g/mol. The Morgan fingerprint density at radius 3 is 2.44 bits per heavy atom. The van der Waals surface area contributed by atoms with E-state index >= 15 is 0 Å². The number of carbonyl (C=O) groups is 1. The Balaban J connectivity index is 1.51. The fourth-order valence-electron chi connectivity index (χ4n) is 2.97. The van der Waals surface area contributed by atoms with Crippen LogP contribution in [0.2, 0.25) is 5.02 Å². The predicted molar refractivity (Wildman–Crippen MR) is 107 cm³/mol. The van der Waals surface area contributed by atoms with Crippen molar-refractivity contribution < 1.29 is 13.2 Å². The molecule has 1 unspecified atom stereocenters. The summed E-state index contributed by atoms with van der Waals surface area (Å²) >= 11 is 7.09. The van der Waals surface area contributed by atoms with Crippen LogP contribution in [0, 0.1) is 0 Å². The predicted octanol–water partition coefficient (Wildman–Crippen LogP) is 2.41. The fraction of sp³-hybridized carbons (Fsp3) is 0.389. The molecule has 27 heavy (non-hydrogen) atoms. The summed E-state index contributed by atoms with van der Waals surface area (Å²) in [4.78, 5) is 14.5. The topological polar surface area (TPSA) is 69.7 Å². The number of hydrogen-bond acceptors (Lipinski definition) is 5.